The molecule has 0 aliphatic carbocycles. The van der Waals surface area contributed by atoms with Crippen molar-refractivity contribution >= 4 is 22.5 Å². The number of pyridine rings is 1. The van der Waals surface area contributed by atoms with Crippen molar-refractivity contribution in [2.75, 3.05) is 40.0 Å². The van der Waals surface area contributed by atoms with Crippen LogP contribution in [0.5, 0.6) is 0 Å². The first-order chi connectivity index (χ1) is 17.2. The number of imidazole rings is 1. The average Bonchev–Trinajstić information content (AvgIpc) is 3.32. The highest BCUT2D eigenvalue weighted by Crippen LogP contribution is 2.30. The van der Waals surface area contributed by atoms with E-state index in [4.69, 9.17) is 14.6 Å². The third-order valence-corrected chi connectivity index (χ3v) is 6.48. The largest absolute Gasteiger partial charge is 0.382 e. The Labute approximate surface area is 203 Å². The first kappa shape index (κ1) is 23.4. The van der Waals surface area contributed by atoms with E-state index in [1.165, 1.54) is 25.1 Å². The molecule has 0 bridgehead atoms. The number of ether oxygens (including phenoxy) is 2. The Hall–Kier alpha value is -3.30. The van der Waals surface area contributed by atoms with E-state index in [9.17, 15) is 9.18 Å². The topological polar surface area (TPSA) is 73.9 Å². The highest BCUT2D eigenvalue weighted by molar-refractivity contribution is 6.01. The fraction of sp³-hybridized carbons (Fsp3) is 0.423. The molecule has 5 rings (SSSR count). The van der Waals surface area contributed by atoms with Gasteiger partial charge < -0.3 is 14.4 Å². The molecule has 1 aliphatic heterocycles. The van der Waals surface area contributed by atoms with E-state index in [0.717, 1.165) is 36.8 Å². The number of methoxy groups -OCH3 is 1. The molecule has 0 spiro atoms. The van der Waals surface area contributed by atoms with Crippen molar-refractivity contribution in [1.82, 2.24) is 24.1 Å². The standard InChI is InChI=1S/C26H30FN5O3/c1-34-14-15-35-13-12-32-22-16-19(26(33)30-10-4-2-3-5-11-30)6-8-21(22)25(29-32)23-17-28-24-9-7-20(27)18-31(23)24/h6-9,16-18H,2-5,10-15H2,1H3. The van der Waals surface area contributed by atoms with E-state index in [1.54, 1.807) is 23.8 Å². The first-order valence-corrected chi connectivity index (χ1v) is 12.2. The first-order valence-electron chi connectivity index (χ1n) is 12.2. The summed E-state index contributed by atoms with van der Waals surface area (Å²) in [5, 5.41) is 5.73. The summed E-state index contributed by atoms with van der Waals surface area (Å²) in [6.45, 7) is 3.56. The van der Waals surface area contributed by atoms with Crippen LogP contribution < -0.4 is 0 Å². The second kappa shape index (κ2) is 10.5. The zero-order valence-corrected chi connectivity index (χ0v) is 20.0. The molecule has 1 fully saturated rings. The van der Waals surface area contributed by atoms with Crippen molar-refractivity contribution in [2.45, 2.75) is 32.2 Å². The third-order valence-electron chi connectivity index (χ3n) is 6.48. The van der Waals surface area contributed by atoms with Gasteiger partial charge in [-0.25, -0.2) is 9.37 Å². The van der Waals surface area contributed by atoms with Gasteiger partial charge in [0, 0.05) is 37.3 Å². The predicted molar refractivity (Wildman–Crippen MR) is 131 cm³/mol. The lowest BCUT2D eigenvalue weighted by atomic mass is 10.1. The zero-order valence-electron chi connectivity index (χ0n) is 20.0. The maximum atomic E-state index is 14.0. The van der Waals surface area contributed by atoms with E-state index in [0.29, 0.717) is 49.0 Å². The highest BCUT2D eigenvalue weighted by Gasteiger charge is 2.21. The molecule has 0 atom stereocenters. The molecule has 0 unspecified atom stereocenters. The fourth-order valence-electron chi connectivity index (χ4n) is 4.65. The van der Waals surface area contributed by atoms with Crippen molar-refractivity contribution in [3.05, 3.63) is 54.1 Å². The van der Waals surface area contributed by atoms with Gasteiger partial charge in [-0.1, -0.05) is 12.8 Å². The minimum atomic E-state index is -0.350. The normalized spacial score (nSPS) is 14.6. The molecule has 0 saturated carbocycles. The maximum absolute atomic E-state index is 14.0. The Morgan fingerprint density at radius 1 is 1.06 bits per heavy atom. The van der Waals surface area contributed by atoms with Gasteiger partial charge in [0.1, 0.15) is 17.2 Å². The molecule has 184 valence electrons. The molecule has 1 amide bonds. The summed E-state index contributed by atoms with van der Waals surface area (Å²) >= 11 is 0. The van der Waals surface area contributed by atoms with Crippen LogP contribution in [-0.4, -0.2) is 70.0 Å². The second-order valence-corrected chi connectivity index (χ2v) is 8.83. The Morgan fingerprint density at radius 3 is 2.69 bits per heavy atom. The van der Waals surface area contributed by atoms with Crippen LogP contribution in [0.2, 0.25) is 0 Å². The molecule has 1 aliphatic rings. The van der Waals surface area contributed by atoms with Gasteiger partial charge in [0.25, 0.3) is 5.91 Å². The van der Waals surface area contributed by atoms with Crippen LogP contribution in [0.3, 0.4) is 0 Å². The third kappa shape index (κ3) is 4.92. The number of hydrogen-bond donors (Lipinski definition) is 0. The molecule has 35 heavy (non-hydrogen) atoms. The molecule has 1 saturated heterocycles. The van der Waals surface area contributed by atoms with Crippen molar-refractivity contribution in [1.29, 1.82) is 0 Å². The van der Waals surface area contributed by atoms with E-state index in [-0.39, 0.29) is 11.7 Å². The van der Waals surface area contributed by atoms with E-state index < -0.39 is 0 Å². The van der Waals surface area contributed by atoms with E-state index in [2.05, 4.69) is 4.98 Å². The zero-order chi connectivity index (χ0) is 24.2. The summed E-state index contributed by atoms with van der Waals surface area (Å²) in [5.74, 6) is -0.298. The van der Waals surface area contributed by atoms with Crippen molar-refractivity contribution in [2.24, 2.45) is 0 Å². The molecule has 8 nitrogen and oxygen atoms in total. The lowest BCUT2D eigenvalue weighted by Gasteiger charge is -2.20. The second-order valence-electron chi connectivity index (χ2n) is 8.83. The lowest BCUT2D eigenvalue weighted by molar-refractivity contribution is 0.0659. The van der Waals surface area contributed by atoms with Gasteiger partial charge in [-0.05, 0) is 43.2 Å². The molecule has 4 aromatic rings. The minimum absolute atomic E-state index is 0.0521. The number of hydrogen-bond acceptors (Lipinski definition) is 5. The van der Waals surface area contributed by atoms with Gasteiger partial charge in [0.05, 0.1) is 43.8 Å². The van der Waals surface area contributed by atoms with Crippen molar-refractivity contribution in [3.63, 3.8) is 0 Å². The van der Waals surface area contributed by atoms with Crippen LogP contribution in [0.15, 0.2) is 42.7 Å². The van der Waals surface area contributed by atoms with Crippen molar-refractivity contribution < 1.29 is 18.7 Å². The predicted octanol–water partition coefficient (Wildman–Crippen LogP) is 4.17. The molecule has 9 heteroatoms. The molecule has 4 heterocycles. The van der Waals surface area contributed by atoms with Gasteiger partial charge in [0.2, 0.25) is 0 Å². The van der Waals surface area contributed by atoms with Gasteiger partial charge in [-0.3, -0.25) is 13.9 Å². The number of nitrogens with zero attached hydrogens (tertiary/aromatic N) is 5. The van der Waals surface area contributed by atoms with Crippen LogP contribution in [0.1, 0.15) is 36.0 Å². The molecule has 3 aromatic heterocycles. The summed E-state index contributed by atoms with van der Waals surface area (Å²) < 4.78 is 28.3. The van der Waals surface area contributed by atoms with E-state index >= 15 is 0 Å². The Balaban J connectivity index is 1.53. The number of rotatable bonds is 8. The Bertz CT molecular complexity index is 1320. The summed E-state index contributed by atoms with van der Waals surface area (Å²) in [6, 6.07) is 8.74. The quantitative estimate of drug-likeness (QED) is 0.355. The van der Waals surface area contributed by atoms with Crippen LogP contribution >= 0.6 is 0 Å². The lowest BCUT2D eigenvalue weighted by Crippen LogP contribution is -2.31. The molecular formula is C26H30FN5O3. The summed E-state index contributed by atoms with van der Waals surface area (Å²) in [4.78, 5) is 19.7. The number of amides is 1. The smallest absolute Gasteiger partial charge is 0.253 e. The van der Waals surface area contributed by atoms with Gasteiger partial charge in [-0.15, -0.1) is 0 Å². The van der Waals surface area contributed by atoms with Crippen LogP contribution in [0, 0.1) is 5.82 Å². The molecule has 0 N–H and O–H groups in total. The van der Waals surface area contributed by atoms with E-state index in [1.807, 2.05) is 27.8 Å². The average molecular weight is 480 g/mol. The van der Waals surface area contributed by atoms with Crippen molar-refractivity contribution in [3.8, 4) is 11.4 Å². The number of fused-ring (bicyclic) bond motifs is 2. The van der Waals surface area contributed by atoms with Gasteiger partial charge >= 0.3 is 0 Å². The number of benzene rings is 1. The van der Waals surface area contributed by atoms with Crippen LogP contribution in [0.25, 0.3) is 27.9 Å². The SMILES string of the molecule is COCCOCCn1nc(-c2cnc3ccc(F)cn23)c2ccc(C(=O)N3CCCCCC3)cc21. The number of carbonyl (C=O) groups excluding carboxylic acids is 1. The highest BCUT2D eigenvalue weighted by atomic mass is 19.1. The number of halogens is 1. The monoisotopic (exact) mass is 479 g/mol. The van der Waals surface area contributed by atoms with Crippen LogP contribution in [-0.2, 0) is 16.0 Å². The fourth-order valence-corrected chi connectivity index (χ4v) is 4.65. The Kier molecular flexibility index (Phi) is 7.06. The maximum Gasteiger partial charge on any atom is 0.253 e. The summed E-state index contributed by atoms with van der Waals surface area (Å²) in [7, 11) is 1.64. The molecular weight excluding hydrogens is 449 g/mol. The summed E-state index contributed by atoms with van der Waals surface area (Å²) in [6.07, 6.45) is 7.53. The Morgan fingerprint density at radius 2 is 1.89 bits per heavy atom. The minimum Gasteiger partial charge on any atom is -0.382 e. The molecule has 0 radical (unpaired) electrons. The number of carbonyl (C=O) groups is 1. The molecule has 1 aromatic carbocycles. The van der Waals surface area contributed by atoms with Gasteiger partial charge in [-0.2, -0.15) is 5.10 Å². The van der Waals surface area contributed by atoms with Gasteiger partial charge in [0.15, 0.2) is 0 Å². The van der Waals surface area contributed by atoms with Crippen LogP contribution in [0.4, 0.5) is 4.39 Å². The number of aromatic nitrogens is 4. The number of likely N-dealkylation sites (tertiary alicyclic amines) is 1. The summed E-state index contributed by atoms with van der Waals surface area (Å²) in [5.41, 5.74) is 3.50.